The van der Waals surface area contributed by atoms with Crippen LogP contribution >= 0.6 is 0 Å². The zero-order valence-corrected chi connectivity index (χ0v) is 19.0. The average molecular weight is 449 g/mol. The molecular formula is C26H29FN4O2. The summed E-state index contributed by atoms with van der Waals surface area (Å²) in [6.07, 6.45) is 4.02. The van der Waals surface area contributed by atoms with E-state index in [2.05, 4.69) is 15.5 Å². The van der Waals surface area contributed by atoms with Gasteiger partial charge in [-0.05, 0) is 43.5 Å². The largest absolute Gasteiger partial charge is 0.495 e. The highest BCUT2D eigenvalue weighted by molar-refractivity contribution is 5.94. The summed E-state index contributed by atoms with van der Waals surface area (Å²) in [5, 5.41) is 0. The van der Waals surface area contributed by atoms with Crippen molar-refractivity contribution >= 4 is 11.6 Å². The maximum atomic E-state index is 13.9. The molecule has 0 spiro atoms. The van der Waals surface area contributed by atoms with E-state index in [1.807, 2.05) is 29.2 Å². The monoisotopic (exact) mass is 448 g/mol. The highest BCUT2D eigenvalue weighted by atomic mass is 19.1. The second-order valence-corrected chi connectivity index (χ2v) is 8.65. The van der Waals surface area contributed by atoms with Crippen LogP contribution in [0.1, 0.15) is 35.4 Å². The first kappa shape index (κ1) is 21.5. The standard InChI is InChI=1S/C26H29FN4O2/c1-33-23-12-5-4-10-21(23)29-14-16-30(17-15-29)26(32)24-22-11-3-2-6-13-31(22)25(28-24)19-8-7-9-20(27)18-19/h4-5,7-10,12,18H,2-3,6,11,13-17H2,1H3. The number of hydrogen-bond donors (Lipinski definition) is 0. The number of hydrogen-bond acceptors (Lipinski definition) is 4. The van der Waals surface area contributed by atoms with Crippen LogP contribution in [0.15, 0.2) is 48.5 Å². The first-order valence-corrected chi connectivity index (χ1v) is 11.7. The zero-order chi connectivity index (χ0) is 22.8. The smallest absolute Gasteiger partial charge is 0.274 e. The summed E-state index contributed by atoms with van der Waals surface area (Å²) in [5.41, 5.74) is 3.29. The number of rotatable bonds is 4. The minimum absolute atomic E-state index is 0.0250. The lowest BCUT2D eigenvalue weighted by atomic mass is 10.1. The Morgan fingerprint density at radius 3 is 2.58 bits per heavy atom. The van der Waals surface area contributed by atoms with E-state index in [4.69, 9.17) is 9.72 Å². The van der Waals surface area contributed by atoms with Crippen molar-refractivity contribution in [2.45, 2.75) is 32.2 Å². The molecular weight excluding hydrogens is 419 g/mol. The number of nitrogens with zero attached hydrogens (tertiary/aromatic N) is 4. The minimum Gasteiger partial charge on any atom is -0.495 e. The number of benzene rings is 2. The highest BCUT2D eigenvalue weighted by Crippen LogP contribution is 2.30. The predicted octanol–water partition coefficient (Wildman–Crippen LogP) is 4.39. The summed E-state index contributed by atoms with van der Waals surface area (Å²) in [4.78, 5) is 22.5. The number of para-hydroxylation sites is 2. The molecule has 5 rings (SSSR count). The van der Waals surface area contributed by atoms with Crippen molar-refractivity contribution in [1.29, 1.82) is 0 Å². The fraction of sp³-hybridized carbons (Fsp3) is 0.385. The quantitative estimate of drug-likeness (QED) is 0.594. The SMILES string of the molecule is COc1ccccc1N1CCN(C(=O)c2nc(-c3cccc(F)c3)n3c2CCCCC3)CC1. The number of anilines is 1. The van der Waals surface area contributed by atoms with Gasteiger partial charge in [0, 0.05) is 38.3 Å². The molecule has 0 radical (unpaired) electrons. The van der Waals surface area contributed by atoms with Crippen LogP contribution < -0.4 is 9.64 Å². The van der Waals surface area contributed by atoms with Crippen molar-refractivity contribution in [3.8, 4) is 17.1 Å². The van der Waals surface area contributed by atoms with Crippen molar-refractivity contribution in [2.24, 2.45) is 0 Å². The van der Waals surface area contributed by atoms with Gasteiger partial charge in [0.15, 0.2) is 0 Å². The number of piperazine rings is 1. The van der Waals surface area contributed by atoms with Gasteiger partial charge in [0.2, 0.25) is 0 Å². The van der Waals surface area contributed by atoms with Gasteiger partial charge in [-0.3, -0.25) is 4.79 Å². The summed E-state index contributed by atoms with van der Waals surface area (Å²) in [5.74, 6) is 1.22. The van der Waals surface area contributed by atoms with Gasteiger partial charge in [-0.15, -0.1) is 0 Å². The molecule has 0 unspecified atom stereocenters. The maximum absolute atomic E-state index is 13.9. The number of methoxy groups -OCH3 is 1. The zero-order valence-electron chi connectivity index (χ0n) is 19.0. The van der Waals surface area contributed by atoms with Gasteiger partial charge < -0.3 is 19.1 Å². The van der Waals surface area contributed by atoms with Crippen molar-refractivity contribution in [2.75, 3.05) is 38.2 Å². The van der Waals surface area contributed by atoms with Crippen molar-refractivity contribution < 1.29 is 13.9 Å². The van der Waals surface area contributed by atoms with E-state index in [0.717, 1.165) is 68.0 Å². The van der Waals surface area contributed by atoms with E-state index in [0.29, 0.717) is 24.6 Å². The minimum atomic E-state index is -0.293. The van der Waals surface area contributed by atoms with E-state index in [9.17, 15) is 9.18 Å². The number of aromatic nitrogens is 2. The molecule has 3 heterocycles. The predicted molar refractivity (Wildman–Crippen MR) is 126 cm³/mol. The Balaban J connectivity index is 1.40. The Hall–Kier alpha value is -3.35. The van der Waals surface area contributed by atoms with Gasteiger partial charge in [-0.2, -0.15) is 0 Å². The van der Waals surface area contributed by atoms with Crippen LogP contribution in [0.2, 0.25) is 0 Å². The summed E-state index contributed by atoms with van der Waals surface area (Å²) in [6.45, 7) is 3.53. The van der Waals surface area contributed by atoms with Gasteiger partial charge >= 0.3 is 0 Å². The molecule has 3 aromatic rings. The van der Waals surface area contributed by atoms with E-state index in [1.165, 1.54) is 12.1 Å². The molecule has 0 N–H and O–H groups in total. The molecule has 6 nitrogen and oxygen atoms in total. The third-order valence-corrected chi connectivity index (χ3v) is 6.65. The summed E-state index contributed by atoms with van der Waals surface area (Å²) in [7, 11) is 1.68. The summed E-state index contributed by atoms with van der Waals surface area (Å²) in [6, 6.07) is 14.5. The molecule has 1 fully saturated rings. The number of carbonyl (C=O) groups excluding carboxylic acids is 1. The Labute approximate surface area is 193 Å². The van der Waals surface area contributed by atoms with Crippen LogP contribution in [0.4, 0.5) is 10.1 Å². The summed E-state index contributed by atoms with van der Waals surface area (Å²) < 4.78 is 21.6. The Morgan fingerprint density at radius 1 is 0.970 bits per heavy atom. The van der Waals surface area contributed by atoms with Crippen molar-refractivity contribution in [1.82, 2.24) is 14.5 Å². The van der Waals surface area contributed by atoms with Crippen molar-refractivity contribution in [3.05, 3.63) is 65.7 Å². The molecule has 0 bridgehead atoms. The molecule has 33 heavy (non-hydrogen) atoms. The first-order valence-electron chi connectivity index (χ1n) is 11.7. The molecule has 172 valence electrons. The fourth-order valence-corrected chi connectivity index (χ4v) is 4.93. The molecule has 0 aliphatic carbocycles. The maximum Gasteiger partial charge on any atom is 0.274 e. The van der Waals surface area contributed by atoms with Crippen LogP contribution in [0.3, 0.4) is 0 Å². The van der Waals surface area contributed by atoms with E-state index < -0.39 is 0 Å². The summed E-state index contributed by atoms with van der Waals surface area (Å²) >= 11 is 0. The molecule has 2 aliphatic rings. The van der Waals surface area contributed by atoms with Gasteiger partial charge in [-0.1, -0.05) is 30.7 Å². The third kappa shape index (κ3) is 4.19. The van der Waals surface area contributed by atoms with Crippen molar-refractivity contribution in [3.63, 3.8) is 0 Å². The van der Waals surface area contributed by atoms with Crippen LogP contribution in [0, 0.1) is 5.82 Å². The number of fused-ring (bicyclic) bond motifs is 1. The number of imidazole rings is 1. The Morgan fingerprint density at radius 2 is 1.79 bits per heavy atom. The molecule has 7 heteroatoms. The first-order chi connectivity index (χ1) is 16.2. The van der Waals surface area contributed by atoms with E-state index in [1.54, 1.807) is 13.2 Å². The molecule has 0 saturated carbocycles. The van der Waals surface area contributed by atoms with Gasteiger partial charge in [-0.25, -0.2) is 9.37 Å². The van der Waals surface area contributed by atoms with Crippen LogP contribution in [0.25, 0.3) is 11.4 Å². The highest BCUT2D eigenvalue weighted by Gasteiger charge is 2.30. The van der Waals surface area contributed by atoms with Gasteiger partial charge in [0.1, 0.15) is 23.1 Å². The number of carbonyl (C=O) groups is 1. The van der Waals surface area contributed by atoms with Crippen LogP contribution in [-0.4, -0.2) is 53.6 Å². The van der Waals surface area contributed by atoms with Gasteiger partial charge in [0.05, 0.1) is 18.5 Å². The number of ether oxygens (including phenoxy) is 1. The Kier molecular flexibility index (Phi) is 6.03. The van der Waals surface area contributed by atoms with Crippen LogP contribution in [-0.2, 0) is 13.0 Å². The fourth-order valence-electron chi connectivity index (χ4n) is 4.93. The van der Waals surface area contributed by atoms with E-state index >= 15 is 0 Å². The lowest BCUT2D eigenvalue weighted by Crippen LogP contribution is -2.49. The van der Waals surface area contributed by atoms with Gasteiger partial charge in [0.25, 0.3) is 5.91 Å². The molecule has 2 aliphatic heterocycles. The second kappa shape index (κ2) is 9.25. The lowest BCUT2D eigenvalue weighted by molar-refractivity contribution is 0.0740. The van der Waals surface area contributed by atoms with E-state index in [-0.39, 0.29) is 11.7 Å². The molecule has 1 amide bonds. The average Bonchev–Trinajstić information content (AvgIpc) is 3.04. The normalized spacial score (nSPS) is 16.3. The Bertz CT molecular complexity index is 1150. The molecule has 0 atom stereocenters. The topological polar surface area (TPSA) is 50.6 Å². The second-order valence-electron chi connectivity index (χ2n) is 8.65. The lowest BCUT2D eigenvalue weighted by Gasteiger charge is -2.36. The van der Waals surface area contributed by atoms with Crippen LogP contribution in [0.5, 0.6) is 5.75 Å². The third-order valence-electron chi connectivity index (χ3n) is 6.65. The number of halogens is 1. The number of amides is 1. The molecule has 1 aromatic heterocycles. The molecule has 1 saturated heterocycles. The molecule has 2 aromatic carbocycles.